The van der Waals surface area contributed by atoms with Gasteiger partial charge in [0, 0.05) is 25.7 Å². The largest absolute Gasteiger partial charge is 0.347 e. The average Bonchev–Trinajstić information content (AvgIpc) is 2.42. The summed E-state index contributed by atoms with van der Waals surface area (Å²) in [5.74, 6) is -1.12. The number of amides is 2. The van der Waals surface area contributed by atoms with Crippen molar-refractivity contribution in [2.24, 2.45) is 5.73 Å². The van der Waals surface area contributed by atoms with Gasteiger partial charge in [0.2, 0.25) is 0 Å². The molecule has 5 nitrogen and oxygen atoms in total. The molecule has 1 aromatic rings. The van der Waals surface area contributed by atoms with Gasteiger partial charge >= 0.3 is 11.8 Å². The summed E-state index contributed by atoms with van der Waals surface area (Å²) < 4.78 is 0. The highest BCUT2D eigenvalue weighted by molar-refractivity contribution is 6.35. The summed E-state index contributed by atoms with van der Waals surface area (Å²) in [5, 5.41) is 2.50. The Morgan fingerprint density at radius 1 is 1.26 bits per heavy atom. The molecule has 0 saturated heterocycles. The highest BCUT2D eigenvalue weighted by atomic mass is 16.2. The zero-order valence-corrected chi connectivity index (χ0v) is 11.4. The number of carbonyl (C=O) groups is 2. The van der Waals surface area contributed by atoms with E-state index in [0.29, 0.717) is 19.6 Å². The molecule has 0 saturated carbocycles. The molecule has 0 bridgehead atoms. The second kappa shape index (κ2) is 7.53. The van der Waals surface area contributed by atoms with Gasteiger partial charge in [-0.05, 0) is 19.4 Å². The molecule has 104 valence electrons. The zero-order valence-electron chi connectivity index (χ0n) is 11.4. The fourth-order valence-electron chi connectivity index (χ4n) is 1.66. The number of rotatable bonds is 5. The van der Waals surface area contributed by atoms with Crippen LogP contribution in [0.4, 0.5) is 0 Å². The van der Waals surface area contributed by atoms with E-state index in [-0.39, 0.29) is 6.04 Å². The van der Waals surface area contributed by atoms with Gasteiger partial charge in [-0.15, -0.1) is 0 Å². The third kappa shape index (κ3) is 4.71. The number of nitrogens with one attached hydrogen (secondary N) is 1. The lowest BCUT2D eigenvalue weighted by molar-refractivity contribution is -0.147. The molecule has 0 aromatic heterocycles. The van der Waals surface area contributed by atoms with Crippen molar-refractivity contribution >= 4 is 11.8 Å². The quantitative estimate of drug-likeness (QED) is 0.760. The molecule has 3 N–H and O–H groups in total. The van der Waals surface area contributed by atoms with Crippen LogP contribution in [0.25, 0.3) is 0 Å². The molecule has 0 fully saturated rings. The third-order valence-electron chi connectivity index (χ3n) is 2.70. The minimum atomic E-state index is -0.602. The first-order chi connectivity index (χ1) is 9.06. The van der Waals surface area contributed by atoms with Crippen LogP contribution >= 0.6 is 0 Å². The van der Waals surface area contributed by atoms with Gasteiger partial charge in [0.1, 0.15) is 0 Å². The Balaban J connectivity index is 2.72. The second-order valence-corrected chi connectivity index (χ2v) is 4.56. The van der Waals surface area contributed by atoms with Crippen LogP contribution in [-0.4, -0.2) is 35.8 Å². The minimum Gasteiger partial charge on any atom is -0.347 e. The molecule has 2 amide bonds. The van der Waals surface area contributed by atoms with Crippen LogP contribution in [0, 0.1) is 0 Å². The van der Waals surface area contributed by atoms with Gasteiger partial charge in [0.05, 0.1) is 0 Å². The first-order valence-electron chi connectivity index (χ1n) is 6.39. The lowest BCUT2D eigenvalue weighted by Gasteiger charge is -2.26. The van der Waals surface area contributed by atoms with Crippen molar-refractivity contribution in [2.45, 2.75) is 26.4 Å². The van der Waals surface area contributed by atoms with Crippen molar-refractivity contribution in [1.29, 1.82) is 0 Å². The van der Waals surface area contributed by atoms with Gasteiger partial charge < -0.3 is 16.0 Å². The van der Waals surface area contributed by atoms with Gasteiger partial charge in [0.25, 0.3) is 0 Å². The van der Waals surface area contributed by atoms with Crippen LogP contribution in [-0.2, 0) is 16.1 Å². The molecule has 0 aliphatic carbocycles. The van der Waals surface area contributed by atoms with E-state index >= 15 is 0 Å². The van der Waals surface area contributed by atoms with Gasteiger partial charge in [-0.3, -0.25) is 9.59 Å². The van der Waals surface area contributed by atoms with E-state index in [2.05, 4.69) is 5.32 Å². The Bertz CT molecular complexity index is 418. The van der Waals surface area contributed by atoms with E-state index < -0.39 is 11.8 Å². The molecule has 1 aromatic carbocycles. The van der Waals surface area contributed by atoms with Crippen LogP contribution < -0.4 is 11.1 Å². The Morgan fingerprint density at radius 3 is 2.42 bits per heavy atom. The molecule has 0 spiro atoms. The Labute approximate surface area is 113 Å². The van der Waals surface area contributed by atoms with Crippen molar-refractivity contribution < 1.29 is 9.59 Å². The first kappa shape index (κ1) is 15.2. The Morgan fingerprint density at radius 2 is 1.89 bits per heavy atom. The molecule has 0 aliphatic heterocycles. The van der Waals surface area contributed by atoms with Crippen molar-refractivity contribution in [3.8, 4) is 0 Å². The topological polar surface area (TPSA) is 75.4 Å². The fourth-order valence-corrected chi connectivity index (χ4v) is 1.66. The highest BCUT2D eigenvalue weighted by Crippen LogP contribution is 2.08. The van der Waals surface area contributed by atoms with Crippen molar-refractivity contribution in [3.63, 3.8) is 0 Å². The number of nitrogens with two attached hydrogens (primary N) is 1. The minimum absolute atomic E-state index is 0.0451. The lowest BCUT2D eigenvalue weighted by Crippen LogP contribution is -2.46. The first-order valence-corrected chi connectivity index (χ1v) is 6.39. The third-order valence-corrected chi connectivity index (χ3v) is 2.70. The Kier molecular flexibility index (Phi) is 6.02. The standard InChI is InChI=1S/C14H21N3O2/c1-11(2)17(10-12-6-4-3-5-7-12)14(19)13(18)16-9-8-15/h3-7,11H,8-10,15H2,1-2H3,(H,16,18). The summed E-state index contributed by atoms with van der Waals surface area (Å²) in [6.45, 7) is 4.82. The van der Waals surface area contributed by atoms with E-state index in [4.69, 9.17) is 5.73 Å². The molecule has 0 aliphatic rings. The summed E-state index contributed by atoms with van der Waals surface area (Å²) >= 11 is 0. The second-order valence-electron chi connectivity index (χ2n) is 4.56. The number of carbonyl (C=O) groups excluding carboxylic acids is 2. The predicted octanol–water partition coefficient (Wildman–Crippen LogP) is 0.499. The van der Waals surface area contributed by atoms with Crippen molar-refractivity contribution in [1.82, 2.24) is 10.2 Å². The number of nitrogens with zero attached hydrogens (tertiary/aromatic N) is 1. The van der Waals surface area contributed by atoms with Crippen molar-refractivity contribution in [3.05, 3.63) is 35.9 Å². The highest BCUT2D eigenvalue weighted by Gasteiger charge is 2.23. The predicted molar refractivity (Wildman–Crippen MR) is 74.2 cm³/mol. The van der Waals surface area contributed by atoms with Crippen LogP contribution in [0.3, 0.4) is 0 Å². The molecule has 19 heavy (non-hydrogen) atoms. The van der Waals surface area contributed by atoms with E-state index in [1.165, 1.54) is 0 Å². The van der Waals surface area contributed by atoms with Gasteiger partial charge in [-0.1, -0.05) is 30.3 Å². The lowest BCUT2D eigenvalue weighted by atomic mass is 10.2. The number of hydrogen-bond donors (Lipinski definition) is 2. The molecule has 0 radical (unpaired) electrons. The van der Waals surface area contributed by atoms with Crippen LogP contribution in [0.15, 0.2) is 30.3 Å². The summed E-state index contributed by atoms with van der Waals surface area (Å²) in [4.78, 5) is 25.3. The summed E-state index contributed by atoms with van der Waals surface area (Å²) in [5.41, 5.74) is 6.29. The summed E-state index contributed by atoms with van der Waals surface area (Å²) in [6, 6.07) is 9.55. The average molecular weight is 263 g/mol. The molecule has 0 heterocycles. The molecule has 1 rings (SSSR count). The normalized spacial score (nSPS) is 10.3. The van der Waals surface area contributed by atoms with Crippen LogP contribution in [0.5, 0.6) is 0 Å². The summed E-state index contributed by atoms with van der Waals surface area (Å²) in [7, 11) is 0. The molecular weight excluding hydrogens is 242 g/mol. The van der Waals surface area contributed by atoms with Gasteiger partial charge in [0.15, 0.2) is 0 Å². The summed E-state index contributed by atoms with van der Waals surface area (Å²) in [6.07, 6.45) is 0. The monoisotopic (exact) mass is 263 g/mol. The van der Waals surface area contributed by atoms with E-state index in [9.17, 15) is 9.59 Å². The Hall–Kier alpha value is -1.88. The van der Waals surface area contributed by atoms with E-state index in [1.54, 1.807) is 4.90 Å². The van der Waals surface area contributed by atoms with E-state index in [0.717, 1.165) is 5.56 Å². The zero-order chi connectivity index (χ0) is 14.3. The van der Waals surface area contributed by atoms with Crippen molar-refractivity contribution in [2.75, 3.05) is 13.1 Å². The maximum absolute atomic E-state index is 12.1. The van der Waals surface area contributed by atoms with Crippen LogP contribution in [0.2, 0.25) is 0 Å². The van der Waals surface area contributed by atoms with Gasteiger partial charge in [-0.2, -0.15) is 0 Å². The smallest absolute Gasteiger partial charge is 0.312 e. The SMILES string of the molecule is CC(C)N(Cc1ccccc1)C(=O)C(=O)NCCN. The molecule has 0 unspecified atom stereocenters. The maximum Gasteiger partial charge on any atom is 0.312 e. The fraction of sp³-hybridized carbons (Fsp3) is 0.429. The molecular formula is C14H21N3O2. The van der Waals surface area contributed by atoms with Crippen LogP contribution in [0.1, 0.15) is 19.4 Å². The van der Waals surface area contributed by atoms with E-state index in [1.807, 2.05) is 44.2 Å². The van der Waals surface area contributed by atoms with Gasteiger partial charge in [-0.25, -0.2) is 0 Å². The molecule has 0 atom stereocenters. The number of benzene rings is 1. The molecule has 5 heteroatoms. The maximum atomic E-state index is 12.1. The number of hydrogen-bond acceptors (Lipinski definition) is 3.